The average molecular weight is 235 g/mol. The van der Waals surface area contributed by atoms with Crippen LogP contribution in [0.15, 0.2) is 0 Å². The van der Waals surface area contributed by atoms with Gasteiger partial charge in [0.2, 0.25) is 0 Å². The van der Waals surface area contributed by atoms with Crippen LogP contribution in [-0.2, 0) is 0 Å². The van der Waals surface area contributed by atoms with Gasteiger partial charge in [-0.3, -0.25) is 0 Å². The SMILES string of the molecule is CN(C(=O)NC1CC1)C1CCC(CC#N)CC1. The van der Waals surface area contributed by atoms with Crippen LogP contribution in [0.4, 0.5) is 4.79 Å². The van der Waals surface area contributed by atoms with Crippen molar-refractivity contribution >= 4 is 6.03 Å². The molecule has 2 fully saturated rings. The fourth-order valence-corrected chi connectivity index (χ4v) is 2.54. The van der Waals surface area contributed by atoms with Gasteiger partial charge in [0, 0.05) is 25.6 Å². The van der Waals surface area contributed by atoms with Gasteiger partial charge in [0.15, 0.2) is 0 Å². The number of urea groups is 1. The molecular weight excluding hydrogens is 214 g/mol. The highest BCUT2D eigenvalue weighted by molar-refractivity contribution is 5.74. The minimum absolute atomic E-state index is 0.0798. The van der Waals surface area contributed by atoms with Crippen molar-refractivity contribution in [2.24, 2.45) is 5.92 Å². The maximum absolute atomic E-state index is 11.9. The third-order valence-electron chi connectivity index (χ3n) is 3.97. The molecule has 0 aliphatic heterocycles. The second-order valence-corrected chi connectivity index (χ2v) is 5.37. The second-order valence-electron chi connectivity index (χ2n) is 5.37. The molecule has 0 aromatic carbocycles. The molecule has 4 nitrogen and oxygen atoms in total. The number of nitrogens with one attached hydrogen (secondary N) is 1. The number of carbonyl (C=O) groups excluding carboxylic acids is 1. The summed E-state index contributed by atoms with van der Waals surface area (Å²) < 4.78 is 0. The Labute approximate surface area is 103 Å². The first-order valence-electron chi connectivity index (χ1n) is 6.61. The summed E-state index contributed by atoms with van der Waals surface area (Å²) in [5.74, 6) is 0.552. The predicted octanol–water partition coefficient (Wildman–Crippen LogP) is 2.26. The van der Waals surface area contributed by atoms with Crippen LogP contribution in [0.5, 0.6) is 0 Å². The molecule has 0 bridgehead atoms. The smallest absolute Gasteiger partial charge is 0.317 e. The van der Waals surface area contributed by atoms with E-state index in [-0.39, 0.29) is 6.03 Å². The predicted molar refractivity (Wildman–Crippen MR) is 65.3 cm³/mol. The highest BCUT2D eigenvalue weighted by Gasteiger charge is 2.29. The molecule has 0 atom stereocenters. The third kappa shape index (κ3) is 3.36. The standard InChI is InChI=1S/C13H21N3O/c1-16(13(17)15-11-4-5-11)12-6-2-10(3-7-12)8-9-14/h10-12H,2-8H2,1H3,(H,15,17). The van der Waals surface area contributed by atoms with Crippen molar-refractivity contribution in [3.63, 3.8) is 0 Å². The first kappa shape index (κ1) is 12.2. The topological polar surface area (TPSA) is 56.1 Å². The summed E-state index contributed by atoms with van der Waals surface area (Å²) in [4.78, 5) is 13.7. The zero-order valence-electron chi connectivity index (χ0n) is 10.5. The molecule has 1 N–H and O–H groups in total. The van der Waals surface area contributed by atoms with Crippen molar-refractivity contribution in [2.45, 2.75) is 57.0 Å². The Bertz CT molecular complexity index is 311. The van der Waals surface area contributed by atoms with E-state index in [1.54, 1.807) is 0 Å². The Kier molecular flexibility index (Phi) is 3.88. The highest BCUT2D eigenvalue weighted by atomic mass is 16.2. The van der Waals surface area contributed by atoms with E-state index in [1.165, 1.54) is 0 Å². The Hall–Kier alpha value is -1.24. The normalized spacial score (nSPS) is 28.2. The van der Waals surface area contributed by atoms with Crippen LogP contribution >= 0.6 is 0 Å². The maximum Gasteiger partial charge on any atom is 0.317 e. The Morgan fingerprint density at radius 3 is 2.47 bits per heavy atom. The van der Waals surface area contributed by atoms with Gasteiger partial charge in [0.1, 0.15) is 0 Å². The van der Waals surface area contributed by atoms with Crippen molar-refractivity contribution < 1.29 is 4.79 Å². The van der Waals surface area contributed by atoms with Gasteiger partial charge < -0.3 is 10.2 Å². The minimum Gasteiger partial charge on any atom is -0.335 e. The van der Waals surface area contributed by atoms with E-state index >= 15 is 0 Å². The quantitative estimate of drug-likeness (QED) is 0.815. The molecule has 94 valence electrons. The molecule has 2 aliphatic rings. The first-order valence-corrected chi connectivity index (χ1v) is 6.61. The van der Waals surface area contributed by atoms with E-state index < -0.39 is 0 Å². The highest BCUT2D eigenvalue weighted by Crippen LogP contribution is 2.29. The lowest BCUT2D eigenvalue weighted by molar-refractivity contribution is 0.161. The minimum atomic E-state index is 0.0798. The maximum atomic E-state index is 11.9. The largest absolute Gasteiger partial charge is 0.335 e. The number of carbonyl (C=O) groups is 1. The first-order chi connectivity index (χ1) is 8.20. The molecular formula is C13H21N3O. The number of hydrogen-bond donors (Lipinski definition) is 1. The Morgan fingerprint density at radius 2 is 1.94 bits per heavy atom. The summed E-state index contributed by atoms with van der Waals surface area (Å²) in [7, 11) is 1.90. The van der Waals surface area contributed by atoms with Gasteiger partial charge in [0.25, 0.3) is 0 Å². The molecule has 0 heterocycles. The monoisotopic (exact) mass is 235 g/mol. The molecule has 0 unspecified atom stereocenters. The van der Waals surface area contributed by atoms with E-state index in [0.717, 1.165) is 38.5 Å². The van der Waals surface area contributed by atoms with Crippen LogP contribution in [0, 0.1) is 17.2 Å². The van der Waals surface area contributed by atoms with E-state index in [0.29, 0.717) is 24.4 Å². The molecule has 0 spiro atoms. The van der Waals surface area contributed by atoms with E-state index in [1.807, 2.05) is 11.9 Å². The zero-order chi connectivity index (χ0) is 12.3. The Balaban J connectivity index is 1.75. The van der Waals surface area contributed by atoms with E-state index in [9.17, 15) is 4.79 Å². The van der Waals surface area contributed by atoms with Crippen LogP contribution in [0.3, 0.4) is 0 Å². The van der Waals surface area contributed by atoms with Crippen LogP contribution in [0.25, 0.3) is 0 Å². The summed E-state index contributed by atoms with van der Waals surface area (Å²) in [6.45, 7) is 0. The lowest BCUT2D eigenvalue weighted by Gasteiger charge is -2.34. The van der Waals surface area contributed by atoms with Crippen LogP contribution in [-0.4, -0.2) is 30.1 Å². The fourth-order valence-electron chi connectivity index (χ4n) is 2.54. The number of rotatable bonds is 3. The number of nitrogens with zero attached hydrogens (tertiary/aromatic N) is 2. The van der Waals surface area contributed by atoms with Gasteiger partial charge in [0.05, 0.1) is 6.07 Å². The van der Waals surface area contributed by atoms with Gasteiger partial charge in [-0.05, 0) is 44.4 Å². The summed E-state index contributed by atoms with van der Waals surface area (Å²) in [5, 5.41) is 11.7. The summed E-state index contributed by atoms with van der Waals surface area (Å²) in [6, 6.07) is 3.12. The molecule has 2 saturated carbocycles. The molecule has 17 heavy (non-hydrogen) atoms. The third-order valence-corrected chi connectivity index (χ3v) is 3.97. The lowest BCUT2D eigenvalue weighted by atomic mass is 9.84. The van der Waals surface area contributed by atoms with Crippen LogP contribution < -0.4 is 5.32 Å². The van der Waals surface area contributed by atoms with Crippen molar-refractivity contribution in [3.05, 3.63) is 0 Å². The van der Waals surface area contributed by atoms with Gasteiger partial charge in [-0.15, -0.1) is 0 Å². The number of nitriles is 1. The molecule has 2 aliphatic carbocycles. The van der Waals surface area contributed by atoms with Gasteiger partial charge >= 0.3 is 6.03 Å². The fraction of sp³-hybridized carbons (Fsp3) is 0.846. The van der Waals surface area contributed by atoms with E-state index in [4.69, 9.17) is 5.26 Å². The molecule has 0 radical (unpaired) electrons. The van der Waals surface area contributed by atoms with Crippen molar-refractivity contribution in [2.75, 3.05) is 7.05 Å². The number of amides is 2. The summed E-state index contributed by atoms with van der Waals surface area (Å²) in [6.07, 6.45) is 7.19. The molecule has 2 rings (SSSR count). The molecule has 4 heteroatoms. The molecule has 0 saturated heterocycles. The lowest BCUT2D eigenvalue weighted by Crippen LogP contribution is -2.45. The van der Waals surface area contributed by atoms with Gasteiger partial charge in [-0.25, -0.2) is 4.79 Å². The molecule has 0 aromatic rings. The number of hydrogen-bond acceptors (Lipinski definition) is 2. The van der Waals surface area contributed by atoms with Crippen molar-refractivity contribution in [1.82, 2.24) is 10.2 Å². The van der Waals surface area contributed by atoms with Crippen LogP contribution in [0.1, 0.15) is 44.9 Å². The van der Waals surface area contributed by atoms with Crippen molar-refractivity contribution in [1.29, 1.82) is 5.26 Å². The summed E-state index contributed by atoms with van der Waals surface area (Å²) in [5.41, 5.74) is 0. The molecule has 2 amide bonds. The summed E-state index contributed by atoms with van der Waals surface area (Å²) >= 11 is 0. The average Bonchev–Trinajstić information content (AvgIpc) is 3.13. The Morgan fingerprint density at radius 1 is 1.29 bits per heavy atom. The molecule has 0 aromatic heterocycles. The second kappa shape index (κ2) is 5.39. The van der Waals surface area contributed by atoms with E-state index in [2.05, 4.69) is 11.4 Å². The van der Waals surface area contributed by atoms with Gasteiger partial charge in [-0.2, -0.15) is 5.26 Å². The van der Waals surface area contributed by atoms with Crippen molar-refractivity contribution in [3.8, 4) is 6.07 Å². The van der Waals surface area contributed by atoms with Gasteiger partial charge in [-0.1, -0.05) is 0 Å². The van der Waals surface area contributed by atoms with Crippen LogP contribution in [0.2, 0.25) is 0 Å². The zero-order valence-corrected chi connectivity index (χ0v) is 10.5.